The van der Waals surface area contributed by atoms with Gasteiger partial charge in [0.25, 0.3) is 0 Å². The molecule has 5 heteroatoms. The van der Waals surface area contributed by atoms with E-state index in [1.165, 1.54) is 12.1 Å². The van der Waals surface area contributed by atoms with E-state index in [2.05, 4.69) is 22.0 Å². The van der Waals surface area contributed by atoms with Crippen molar-refractivity contribution in [3.63, 3.8) is 0 Å². The highest BCUT2D eigenvalue weighted by Gasteiger charge is 2.08. The number of nitrogen functional groups attached to an aromatic ring is 1. The Morgan fingerprint density at radius 3 is 2.58 bits per heavy atom. The first-order valence-electron chi connectivity index (χ1n) is 5.48. The summed E-state index contributed by atoms with van der Waals surface area (Å²) in [4.78, 5) is 0. The third-order valence-corrected chi connectivity index (χ3v) is 3.09. The van der Waals surface area contributed by atoms with E-state index < -0.39 is 5.82 Å². The van der Waals surface area contributed by atoms with Crippen molar-refractivity contribution in [3.05, 3.63) is 52.3 Å². The summed E-state index contributed by atoms with van der Waals surface area (Å²) < 4.78 is 19.2. The smallest absolute Gasteiger partial charge is 0.153 e. The van der Waals surface area contributed by atoms with Gasteiger partial charge in [0, 0.05) is 6.07 Å². The van der Waals surface area contributed by atoms with E-state index in [0.29, 0.717) is 22.3 Å². The predicted molar refractivity (Wildman–Crippen MR) is 74.3 cm³/mol. The fourth-order valence-corrected chi connectivity index (χ4v) is 1.89. The van der Waals surface area contributed by atoms with E-state index in [9.17, 15) is 4.39 Å². The summed E-state index contributed by atoms with van der Waals surface area (Å²) in [6, 6.07) is 11.7. The molecule has 2 rings (SSSR count). The molecule has 19 heavy (non-hydrogen) atoms. The summed E-state index contributed by atoms with van der Waals surface area (Å²) >= 11 is 3.05. The number of halogens is 2. The van der Waals surface area contributed by atoms with Crippen LogP contribution in [0.4, 0.5) is 10.1 Å². The van der Waals surface area contributed by atoms with Crippen molar-refractivity contribution in [2.45, 2.75) is 6.42 Å². The molecule has 2 aromatic rings. The van der Waals surface area contributed by atoms with Gasteiger partial charge in [-0.1, -0.05) is 12.1 Å². The Hall–Kier alpha value is -2.06. The van der Waals surface area contributed by atoms with Crippen molar-refractivity contribution >= 4 is 21.6 Å². The molecule has 0 amide bonds. The monoisotopic (exact) mass is 320 g/mol. The fourth-order valence-electron chi connectivity index (χ4n) is 1.53. The molecule has 0 radical (unpaired) electrons. The highest BCUT2D eigenvalue weighted by molar-refractivity contribution is 9.10. The maximum Gasteiger partial charge on any atom is 0.153 e. The molecule has 0 atom stereocenters. The lowest BCUT2D eigenvalue weighted by atomic mass is 10.2. The largest absolute Gasteiger partial charge is 0.455 e. The van der Waals surface area contributed by atoms with E-state index >= 15 is 0 Å². The number of benzene rings is 2. The first kappa shape index (κ1) is 13.4. The summed E-state index contributed by atoms with van der Waals surface area (Å²) in [6.45, 7) is 0. The van der Waals surface area contributed by atoms with Crippen molar-refractivity contribution in [1.29, 1.82) is 5.26 Å². The van der Waals surface area contributed by atoms with E-state index in [4.69, 9.17) is 15.7 Å². The Balaban J connectivity index is 2.22. The maximum absolute atomic E-state index is 13.4. The minimum atomic E-state index is -0.440. The fraction of sp³-hybridized carbons (Fsp3) is 0.0714. The van der Waals surface area contributed by atoms with Crippen molar-refractivity contribution in [2.75, 3.05) is 5.73 Å². The van der Waals surface area contributed by atoms with Gasteiger partial charge < -0.3 is 10.5 Å². The van der Waals surface area contributed by atoms with Crippen LogP contribution >= 0.6 is 15.9 Å². The lowest BCUT2D eigenvalue weighted by molar-refractivity contribution is 0.478. The van der Waals surface area contributed by atoms with Crippen LogP contribution in [0.1, 0.15) is 5.56 Å². The average molecular weight is 321 g/mol. The van der Waals surface area contributed by atoms with Crippen LogP contribution in [-0.4, -0.2) is 0 Å². The second-order valence-corrected chi connectivity index (χ2v) is 4.74. The number of ether oxygens (including phenoxy) is 1. The quantitative estimate of drug-likeness (QED) is 0.868. The Bertz CT molecular complexity index is 635. The van der Waals surface area contributed by atoms with Crippen LogP contribution in [0.5, 0.6) is 11.5 Å². The Labute approximate surface area is 118 Å². The van der Waals surface area contributed by atoms with Gasteiger partial charge in [0.1, 0.15) is 11.6 Å². The van der Waals surface area contributed by atoms with Gasteiger partial charge in [0.05, 0.1) is 22.7 Å². The van der Waals surface area contributed by atoms with Crippen LogP contribution in [0, 0.1) is 17.1 Å². The second-order valence-electron chi connectivity index (χ2n) is 3.89. The van der Waals surface area contributed by atoms with Gasteiger partial charge in [-0.3, -0.25) is 0 Å². The third-order valence-electron chi connectivity index (χ3n) is 2.49. The summed E-state index contributed by atoms with van der Waals surface area (Å²) in [6.07, 6.45) is 0.343. The number of anilines is 1. The number of hydrogen-bond donors (Lipinski definition) is 1. The first-order valence-corrected chi connectivity index (χ1v) is 6.27. The topological polar surface area (TPSA) is 59.0 Å². The predicted octanol–water partition coefficient (Wildman–Crippen LogP) is 4.03. The van der Waals surface area contributed by atoms with E-state index in [1.807, 2.05) is 0 Å². The average Bonchev–Trinajstić information content (AvgIpc) is 2.38. The lowest BCUT2D eigenvalue weighted by Gasteiger charge is -2.09. The molecule has 2 aromatic carbocycles. The lowest BCUT2D eigenvalue weighted by Crippen LogP contribution is -1.94. The molecule has 0 heterocycles. The molecule has 0 spiro atoms. The van der Waals surface area contributed by atoms with Crippen LogP contribution in [0.15, 0.2) is 40.9 Å². The number of hydrogen-bond acceptors (Lipinski definition) is 3. The number of rotatable bonds is 3. The molecule has 0 aliphatic carbocycles. The van der Waals surface area contributed by atoms with Gasteiger partial charge in [-0.05, 0) is 39.7 Å². The van der Waals surface area contributed by atoms with E-state index in [-0.39, 0.29) is 5.75 Å². The molecule has 0 saturated heterocycles. The van der Waals surface area contributed by atoms with E-state index in [1.54, 1.807) is 24.3 Å². The molecule has 2 N–H and O–H groups in total. The molecule has 0 bridgehead atoms. The number of nitriles is 1. The second kappa shape index (κ2) is 5.72. The zero-order valence-electron chi connectivity index (χ0n) is 9.86. The minimum Gasteiger partial charge on any atom is -0.455 e. The number of nitrogens with two attached hydrogens (primary N) is 1. The molecule has 3 nitrogen and oxygen atoms in total. The van der Waals surface area contributed by atoms with Crippen LogP contribution in [0.3, 0.4) is 0 Å². The maximum atomic E-state index is 13.4. The molecule has 0 aliphatic heterocycles. The normalized spacial score (nSPS) is 9.95. The van der Waals surface area contributed by atoms with Gasteiger partial charge in [-0.25, -0.2) is 4.39 Å². The summed E-state index contributed by atoms with van der Waals surface area (Å²) in [7, 11) is 0. The molecular formula is C14H10BrFN2O. The minimum absolute atomic E-state index is 0.258. The van der Waals surface area contributed by atoms with Crippen LogP contribution in [-0.2, 0) is 6.42 Å². The van der Waals surface area contributed by atoms with Gasteiger partial charge in [0.15, 0.2) is 5.75 Å². The van der Waals surface area contributed by atoms with Gasteiger partial charge in [-0.15, -0.1) is 0 Å². The van der Waals surface area contributed by atoms with Gasteiger partial charge >= 0.3 is 0 Å². The molecule has 0 unspecified atom stereocenters. The standard InChI is InChI=1S/C14H10BrFN2O/c15-11-7-13(18)14(8-12(11)16)19-10-3-1-9(2-4-10)5-6-17/h1-4,7-8H,5,18H2. The summed E-state index contributed by atoms with van der Waals surface area (Å²) in [5.41, 5.74) is 6.99. The van der Waals surface area contributed by atoms with Crippen molar-refractivity contribution in [2.24, 2.45) is 0 Å². The van der Waals surface area contributed by atoms with Crippen LogP contribution in [0.2, 0.25) is 0 Å². The zero-order chi connectivity index (χ0) is 13.8. The first-order chi connectivity index (χ1) is 9.10. The van der Waals surface area contributed by atoms with Crippen molar-refractivity contribution in [1.82, 2.24) is 0 Å². The SMILES string of the molecule is N#CCc1ccc(Oc2cc(F)c(Br)cc2N)cc1. The molecule has 0 saturated carbocycles. The van der Waals surface area contributed by atoms with Gasteiger partial charge in [0.2, 0.25) is 0 Å². The van der Waals surface area contributed by atoms with Crippen molar-refractivity contribution < 1.29 is 9.13 Å². The summed E-state index contributed by atoms with van der Waals surface area (Å²) in [5, 5.41) is 8.57. The Kier molecular flexibility index (Phi) is 4.03. The highest BCUT2D eigenvalue weighted by atomic mass is 79.9. The van der Waals surface area contributed by atoms with Crippen LogP contribution in [0.25, 0.3) is 0 Å². The van der Waals surface area contributed by atoms with Gasteiger partial charge in [-0.2, -0.15) is 5.26 Å². The highest BCUT2D eigenvalue weighted by Crippen LogP contribution is 2.32. The number of nitrogens with zero attached hydrogens (tertiary/aromatic N) is 1. The van der Waals surface area contributed by atoms with Crippen LogP contribution < -0.4 is 10.5 Å². The summed E-state index contributed by atoms with van der Waals surface area (Å²) in [5.74, 6) is 0.356. The van der Waals surface area contributed by atoms with E-state index in [0.717, 1.165) is 5.56 Å². The Morgan fingerprint density at radius 1 is 1.26 bits per heavy atom. The zero-order valence-corrected chi connectivity index (χ0v) is 11.4. The molecule has 0 fully saturated rings. The third kappa shape index (κ3) is 3.24. The van der Waals surface area contributed by atoms with Crippen molar-refractivity contribution in [3.8, 4) is 17.6 Å². The molecule has 96 valence electrons. The Morgan fingerprint density at radius 2 is 1.95 bits per heavy atom. The molecular weight excluding hydrogens is 311 g/mol. The molecule has 0 aliphatic rings. The molecule has 0 aromatic heterocycles.